The van der Waals surface area contributed by atoms with Crippen molar-refractivity contribution in [2.45, 2.75) is 56.9 Å². The predicted octanol–water partition coefficient (Wildman–Crippen LogP) is 2.28. The van der Waals surface area contributed by atoms with E-state index in [0.29, 0.717) is 5.92 Å². The van der Waals surface area contributed by atoms with Gasteiger partial charge < -0.3 is 4.74 Å². The molecule has 0 spiro atoms. The minimum atomic E-state index is -1.05. The standard InChI is InChI=1S/C14H19ClN2O2/c1-12(2)8-4-5-13(12,3)10-9(8)17-11(19-10)14(15,6-16)7-18-17/h8-11H,4-5,7H2,1-3H3/t8-,9-,10-,11+,13+,14+/m1/s1. The molecule has 2 saturated carbocycles. The Bertz CT molecular complexity index is 490. The molecule has 2 heterocycles. The number of nitrogens with zero attached hydrogens (tertiary/aromatic N) is 2. The summed E-state index contributed by atoms with van der Waals surface area (Å²) in [5, 5.41) is 11.2. The molecular formula is C14H19ClN2O2. The molecule has 2 aliphatic heterocycles. The Balaban J connectivity index is 1.75. The number of hydrogen-bond donors (Lipinski definition) is 0. The number of rotatable bonds is 0. The summed E-state index contributed by atoms with van der Waals surface area (Å²) < 4.78 is 6.23. The van der Waals surface area contributed by atoms with Crippen LogP contribution in [-0.2, 0) is 9.57 Å². The lowest BCUT2D eigenvalue weighted by Crippen LogP contribution is -2.42. The molecule has 4 rings (SSSR count). The predicted molar refractivity (Wildman–Crippen MR) is 69.0 cm³/mol. The summed E-state index contributed by atoms with van der Waals surface area (Å²) in [5.41, 5.74) is 0.407. The number of hydroxylamine groups is 2. The van der Waals surface area contributed by atoms with Crippen molar-refractivity contribution in [2.75, 3.05) is 6.61 Å². The van der Waals surface area contributed by atoms with E-state index < -0.39 is 11.1 Å². The monoisotopic (exact) mass is 282 g/mol. The zero-order chi connectivity index (χ0) is 13.6. The highest BCUT2D eigenvalue weighted by molar-refractivity contribution is 6.26. The summed E-state index contributed by atoms with van der Waals surface area (Å²) in [4.78, 5) is 4.69. The molecular weight excluding hydrogens is 264 g/mol. The van der Waals surface area contributed by atoms with E-state index in [0.717, 1.165) is 0 Å². The molecule has 0 unspecified atom stereocenters. The second-order valence-electron chi connectivity index (χ2n) is 7.29. The average molecular weight is 283 g/mol. The van der Waals surface area contributed by atoms with E-state index in [1.807, 2.05) is 5.06 Å². The Morgan fingerprint density at radius 2 is 2.11 bits per heavy atom. The van der Waals surface area contributed by atoms with Crippen molar-refractivity contribution in [2.24, 2.45) is 16.7 Å². The SMILES string of the molecule is CC1(C)[C@@H]2CC[C@@]1(C)[C@@H]1O[C@@H]3N(OC[C@@]3(Cl)C#N)[C@H]21. The van der Waals surface area contributed by atoms with Crippen molar-refractivity contribution in [3.05, 3.63) is 0 Å². The molecule has 0 radical (unpaired) electrons. The third-order valence-electron chi connectivity index (χ3n) is 6.53. The van der Waals surface area contributed by atoms with Crippen LogP contribution in [-0.4, -0.2) is 34.9 Å². The Labute approximate surface area is 118 Å². The van der Waals surface area contributed by atoms with Crippen molar-refractivity contribution in [1.82, 2.24) is 5.06 Å². The molecule has 0 N–H and O–H groups in total. The largest absolute Gasteiger partial charge is 0.352 e. The molecule has 4 fully saturated rings. The van der Waals surface area contributed by atoms with Crippen LogP contribution in [0.5, 0.6) is 0 Å². The van der Waals surface area contributed by atoms with Crippen LogP contribution in [0.15, 0.2) is 0 Å². The van der Waals surface area contributed by atoms with Gasteiger partial charge in [-0.3, -0.25) is 4.84 Å². The molecule has 2 saturated heterocycles. The van der Waals surface area contributed by atoms with Crippen LogP contribution in [0.25, 0.3) is 0 Å². The first-order chi connectivity index (χ1) is 8.85. The number of ether oxygens (including phenoxy) is 1. The van der Waals surface area contributed by atoms with E-state index in [4.69, 9.17) is 21.2 Å². The summed E-state index contributed by atoms with van der Waals surface area (Å²) in [6, 6.07) is 2.42. The zero-order valence-electron chi connectivity index (χ0n) is 11.5. The van der Waals surface area contributed by atoms with Gasteiger partial charge in [-0.15, -0.1) is 0 Å². The fraction of sp³-hybridized carbons (Fsp3) is 0.929. The summed E-state index contributed by atoms with van der Waals surface area (Å²) in [7, 11) is 0. The van der Waals surface area contributed by atoms with E-state index in [1.165, 1.54) is 12.8 Å². The van der Waals surface area contributed by atoms with Crippen LogP contribution in [0, 0.1) is 28.1 Å². The minimum absolute atomic E-state index is 0.137. The molecule has 0 aromatic rings. The quantitative estimate of drug-likeness (QED) is 0.640. The topological polar surface area (TPSA) is 45.5 Å². The van der Waals surface area contributed by atoms with Gasteiger partial charge in [0.15, 0.2) is 11.1 Å². The smallest absolute Gasteiger partial charge is 0.197 e. The van der Waals surface area contributed by atoms with E-state index in [-0.39, 0.29) is 29.6 Å². The third-order valence-corrected chi connectivity index (χ3v) is 6.91. The van der Waals surface area contributed by atoms with Crippen molar-refractivity contribution >= 4 is 11.6 Å². The maximum Gasteiger partial charge on any atom is 0.197 e. The van der Waals surface area contributed by atoms with Gasteiger partial charge in [0.1, 0.15) is 6.61 Å². The molecule has 4 nitrogen and oxygen atoms in total. The van der Waals surface area contributed by atoms with Crippen LogP contribution in [0.1, 0.15) is 33.6 Å². The maximum atomic E-state index is 9.28. The lowest BCUT2D eigenvalue weighted by atomic mass is 9.70. The van der Waals surface area contributed by atoms with Crippen molar-refractivity contribution in [3.8, 4) is 6.07 Å². The molecule has 2 bridgehead atoms. The van der Waals surface area contributed by atoms with E-state index >= 15 is 0 Å². The molecule has 6 atom stereocenters. The number of alkyl halides is 1. The highest BCUT2D eigenvalue weighted by Gasteiger charge is 2.74. The molecule has 4 aliphatic rings. The van der Waals surface area contributed by atoms with E-state index in [1.54, 1.807) is 0 Å². The lowest BCUT2D eigenvalue weighted by Gasteiger charge is -2.38. The van der Waals surface area contributed by atoms with Crippen LogP contribution < -0.4 is 0 Å². The average Bonchev–Trinajstić information content (AvgIpc) is 2.99. The first kappa shape index (κ1) is 12.4. The van der Waals surface area contributed by atoms with Crippen LogP contribution in [0.3, 0.4) is 0 Å². The zero-order valence-corrected chi connectivity index (χ0v) is 12.3. The van der Waals surface area contributed by atoms with Crippen molar-refractivity contribution < 1.29 is 9.57 Å². The number of halogens is 1. The fourth-order valence-corrected chi connectivity index (χ4v) is 5.14. The lowest BCUT2D eigenvalue weighted by molar-refractivity contribution is -0.175. The summed E-state index contributed by atoms with van der Waals surface area (Å²) in [6.45, 7) is 7.23. The Morgan fingerprint density at radius 1 is 1.37 bits per heavy atom. The maximum absolute atomic E-state index is 9.28. The second-order valence-corrected chi connectivity index (χ2v) is 7.97. The van der Waals surface area contributed by atoms with Gasteiger partial charge in [-0.25, -0.2) is 0 Å². The van der Waals surface area contributed by atoms with Gasteiger partial charge in [0.2, 0.25) is 0 Å². The van der Waals surface area contributed by atoms with Crippen LogP contribution >= 0.6 is 11.6 Å². The molecule has 19 heavy (non-hydrogen) atoms. The Hall–Kier alpha value is -0.340. The summed E-state index contributed by atoms with van der Waals surface area (Å²) in [5.74, 6) is 0.560. The normalized spacial score (nSPS) is 58.1. The van der Waals surface area contributed by atoms with Crippen molar-refractivity contribution in [1.29, 1.82) is 5.26 Å². The second kappa shape index (κ2) is 3.28. The van der Waals surface area contributed by atoms with E-state index in [9.17, 15) is 5.26 Å². The van der Waals surface area contributed by atoms with Crippen LogP contribution in [0.4, 0.5) is 0 Å². The third kappa shape index (κ3) is 1.14. The summed E-state index contributed by atoms with van der Waals surface area (Å²) >= 11 is 6.35. The molecule has 0 aromatic heterocycles. The van der Waals surface area contributed by atoms with Gasteiger partial charge in [0.05, 0.1) is 18.2 Å². The fourth-order valence-electron chi connectivity index (χ4n) is 4.94. The number of fused-ring (bicyclic) bond motifs is 7. The van der Waals surface area contributed by atoms with Gasteiger partial charge in [-0.1, -0.05) is 32.4 Å². The van der Waals surface area contributed by atoms with Gasteiger partial charge in [-0.05, 0) is 24.2 Å². The first-order valence-electron chi connectivity index (χ1n) is 7.02. The Morgan fingerprint density at radius 3 is 2.79 bits per heavy atom. The first-order valence-corrected chi connectivity index (χ1v) is 7.40. The Kier molecular flexibility index (Phi) is 2.14. The van der Waals surface area contributed by atoms with Crippen LogP contribution in [0.2, 0.25) is 0 Å². The molecule has 104 valence electrons. The number of hydrogen-bond acceptors (Lipinski definition) is 4. The van der Waals surface area contributed by atoms with Crippen molar-refractivity contribution in [3.63, 3.8) is 0 Å². The minimum Gasteiger partial charge on any atom is -0.352 e. The molecule has 5 heteroatoms. The highest BCUT2D eigenvalue weighted by Crippen LogP contribution is 2.70. The van der Waals surface area contributed by atoms with E-state index in [2.05, 4.69) is 26.8 Å². The van der Waals surface area contributed by atoms with Gasteiger partial charge in [-0.2, -0.15) is 10.3 Å². The molecule has 0 aromatic carbocycles. The van der Waals surface area contributed by atoms with Gasteiger partial charge in [0, 0.05) is 5.41 Å². The number of nitriles is 1. The van der Waals surface area contributed by atoms with Gasteiger partial charge in [0.25, 0.3) is 0 Å². The molecule has 2 aliphatic carbocycles. The summed E-state index contributed by atoms with van der Waals surface area (Å²) in [6.07, 6.45) is 2.12. The highest BCUT2D eigenvalue weighted by atomic mass is 35.5. The van der Waals surface area contributed by atoms with Gasteiger partial charge >= 0.3 is 0 Å². The molecule has 0 amide bonds.